The minimum atomic E-state index is -1.09. The molecule has 0 spiro atoms. The molecule has 0 unspecified atom stereocenters. The Hall–Kier alpha value is -4.04. The number of amidine groups is 1. The van der Waals surface area contributed by atoms with E-state index >= 15 is 0 Å². The molecule has 1 amide bonds. The second kappa shape index (κ2) is 11.8. The van der Waals surface area contributed by atoms with Gasteiger partial charge in [-0.3, -0.25) is 9.69 Å². The number of ether oxygens (including phenoxy) is 2. The first-order valence-electron chi connectivity index (χ1n) is 12.0. The number of para-hydroxylation sites is 3. The van der Waals surface area contributed by atoms with E-state index in [1.807, 2.05) is 48.5 Å². The van der Waals surface area contributed by atoms with Gasteiger partial charge in [-0.05, 0) is 60.0 Å². The number of aliphatic imine (C=N–C) groups is 1. The number of aryl methyl sites for hydroxylation is 2. The fourth-order valence-electron chi connectivity index (χ4n) is 4.07. The van der Waals surface area contributed by atoms with Crippen LogP contribution >= 0.6 is 11.8 Å². The molecule has 37 heavy (non-hydrogen) atoms. The minimum Gasteiger partial charge on any atom is -0.492 e. The molecule has 190 valence electrons. The lowest BCUT2D eigenvalue weighted by Gasteiger charge is -2.19. The fraction of sp³-hybridized carbons (Fsp3) is 0.207. The van der Waals surface area contributed by atoms with Gasteiger partial charge in [0.1, 0.15) is 0 Å². The molecule has 0 radical (unpaired) electrons. The molecule has 8 heteroatoms. The van der Waals surface area contributed by atoms with Crippen LogP contribution in [0, 0.1) is 0 Å². The topological polar surface area (TPSA) is 88.4 Å². The molecule has 3 aromatic carbocycles. The highest BCUT2D eigenvalue weighted by atomic mass is 32.2. The largest absolute Gasteiger partial charge is 0.492 e. The zero-order valence-electron chi connectivity index (χ0n) is 20.9. The van der Waals surface area contributed by atoms with Gasteiger partial charge in [0.05, 0.1) is 23.4 Å². The summed E-state index contributed by atoms with van der Waals surface area (Å²) in [5.74, 6) is -0.649. The van der Waals surface area contributed by atoms with E-state index in [0.29, 0.717) is 21.4 Å². The lowest BCUT2D eigenvalue weighted by molar-refractivity contribution is -0.139. The summed E-state index contributed by atoms with van der Waals surface area (Å²) < 4.78 is 10.9. The maximum atomic E-state index is 13.8. The van der Waals surface area contributed by atoms with Crippen molar-refractivity contribution in [2.45, 2.75) is 26.7 Å². The molecule has 1 aliphatic heterocycles. The highest BCUT2D eigenvalue weighted by molar-refractivity contribution is 8.19. The second-order valence-corrected chi connectivity index (χ2v) is 9.18. The van der Waals surface area contributed by atoms with Gasteiger partial charge in [-0.1, -0.05) is 62.4 Å². The Morgan fingerprint density at radius 3 is 2.41 bits per heavy atom. The molecule has 0 aliphatic carbocycles. The molecular weight excluding hydrogens is 488 g/mol. The van der Waals surface area contributed by atoms with Crippen LogP contribution < -0.4 is 14.4 Å². The molecule has 4 rings (SSSR count). The van der Waals surface area contributed by atoms with Crippen LogP contribution in [0.2, 0.25) is 0 Å². The predicted octanol–water partition coefficient (Wildman–Crippen LogP) is 6.09. The van der Waals surface area contributed by atoms with Crippen molar-refractivity contribution < 1.29 is 24.2 Å². The van der Waals surface area contributed by atoms with E-state index in [1.165, 1.54) is 18.9 Å². The average Bonchev–Trinajstić information content (AvgIpc) is 3.21. The van der Waals surface area contributed by atoms with E-state index in [-0.39, 0.29) is 11.7 Å². The summed E-state index contributed by atoms with van der Waals surface area (Å²) in [4.78, 5) is 31.9. The Labute approximate surface area is 220 Å². The zero-order valence-corrected chi connectivity index (χ0v) is 21.7. The average molecular weight is 517 g/mol. The number of hydrogen-bond donors (Lipinski definition) is 1. The minimum absolute atomic E-state index is 0.197. The Morgan fingerprint density at radius 2 is 1.70 bits per heavy atom. The summed E-state index contributed by atoms with van der Waals surface area (Å²) in [6.07, 6.45) is 3.31. The molecule has 1 N–H and O–H groups in total. The number of aliphatic carboxylic acids is 1. The summed E-state index contributed by atoms with van der Waals surface area (Å²) in [6.45, 7) is 3.63. The summed E-state index contributed by atoms with van der Waals surface area (Å²) >= 11 is 1.29. The van der Waals surface area contributed by atoms with Crippen LogP contribution in [0.4, 0.5) is 11.4 Å². The normalized spacial score (nSPS) is 15.4. The van der Waals surface area contributed by atoms with Gasteiger partial charge in [0.15, 0.2) is 23.3 Å². The van der Waals surface area contributed by atoms with Crippen molar-refractivity contribution in [1.29, 1.82) is 0 Å². The SMILES string of the molecule is CCc1ccccc1N=C1S/C(=C\c2cccc(OCC(=O)O)c2OC)C(=O)N1c1ccccc1CC. The van der Waals surface area contributed by atoms with E-state index in [0.717, 1.165) is 35.3 Å². The van der Waals surface area contributed by atoms with Crippen LogP contribution in [0.1, 0.15) is 30.5 Å². The number of nitrogens with zero attached hydrogens (tertiary/aromatic N) is 2. The van der Waals surface area contributed by atoms with Crippen molar-refractivity contribution in [3.05, 3.63) is 88.3 Å². The van der Waals surface area contributed by atoms with Crippen molar-refractivity contribution in [2.24, 2.45) is 4.99 Å². The first-order chi connectivity index (χ1) is 18.0. The van der Waals surface area contributed by atoms with Crippen molar-refractivity contribution >= 4 is 46.3 Å². The van der Waals surface area contributed by atoms with Crippen LogP contribution in [0.25, 0.3) is 6.08 Å². The van der Waals surface area contributed by atoms with E-state index in [2.05, 4.69) is 13.8 Å². The summed E-state index contributed by atoms with van der Waals surface area (Å²) in [6, 6.07) is 20.9. The number of methoxy groups -OCH3 is 1. The van der Waals surface area contributed by atoms with Gasteiger partial charge in [-0.25, -0.2) is 9.79 Å². The van der Waals surface area contributed by atoms with Crippen LogP contribution in [0.3, 0.4) is 0 Å². The maximum Gasteiger partial charge on any atom is 0.341 e. The van der Waals surface area contributed by atoms with Gasteiger partial charge in [-0.2, -0.15) is 0 Å². The first kappa shape index (κ1) is 26.0. The Kier molecular flexibility index (Phi) is 8.30. The molecule has 0 bridgehead atoms. The molecule has 7 nitrogen and oxygen atoms in total. The Bertz CT molecular complexity index is 1380. The fourth-order valence-corrected chi connectivity index (χ4v) is 5.05. The van der Waals surface area contributed by atoms with Crippen molar-refractivity contribution in [3.8, 4) is 11.5 Å². The smallest absolute Gasteiger partial charge is 0.341 e. The van der Waals surface area contributed by atoms with Gasteiger partial charge >= 0.3 is 5.97 Å². The maximum absolute atomic E-state index is 13.8. The highest BCUT2D eigenvalue weighted by Crippen LogP contribution is 2.41. The Morgan fingerprint density at radius 1 is 1.00 bits per heavy atom. The van der Waals surface area contributed by atoms with Gasteiger partial charge in [-0.15, -0.1) is 0 Å². The molecule has 0 aromatic heterocycles. The van der Waals surface area contributed by atoms with E-state index in [1.54, 1.807) is 29.2 Å². The van der Waals surface area contributed by atoms with Crippen molar-refractivity contribution in [3.63, 3.8) is 0 Å². The summed E-state index contributed by atoms with van der Waals surface area (Å²) in [5, 5.41) is 9.56. The third-order valence-corrected chi connectivity index (χ3v) is 6.83. The molecule has 0 saturated carbocycles. The zero-order chi connectivity index (χ0) is 26.4. The molecular formula is C29H28N2O5S. The number of rotatable bonds is 9. The van der Waals surface area contributed by atoms with Crippen molar-refractivity contribution in [2.75, 3.05) is 18.6 Å². The standard InChI is InChI=1S/C29H28N2O5S/c1-4-19-11-6-8-14-22(19)30-29-31(23-15-9-7-12-20(23)5-2)28(34)25(37-29)17-21-13-10-16-24(27(21)35-3)36-18-26(32)33/h6-17H,4-5,18H2,1-3H3,(H,32,33)/b25-17-,30-29?. The third kappa shape index (κ3) is 5.70. The molecule has 3 aromatic rings. The van der Waals surface area contributed by atoms with Crippen LogP contribution in [0.15, 0.2) is 76.6 Å². The summed E-state index contributed by atoms with van der Waals surface area (Å²) in [5.41, 5.74) is 4.34. The van der Waals surface area contributed by atoms with Crippen LogP contribution in [-0.2, 0) is 22.4 Å². The molecule has 0 atom stereocenters. The van der Waals surface area contributed by atoms with Gasteiger partial charge in [0.25, 0.3) is 5.91 Å². The second-order valence-electron chi connectivity index (χ2n) is 8.17. The number of anilines is 1. The first-order valence-corrected chi connectivity index (χ1v) is 12.8. The number of hydrogen-bond acceptors (Lipinski definition) is 6. The van der Waals surface area contributed by atoms with Crippen LogP contribution in [-0.4, -0.2) is 35.9 Å². The number of thioether (sulfide) groups is 1. The monoisotopic (exact) mass is 516 g/mol. The highest BCUT2D eigenvalue weighted by Gasteiger charge is 2.36. The number of carboxylic acids is 1. The third-order valence-electron chi connectivity index (χ3n) is 5.86. The molecule has 1 fully saturated rings. The van der Waals surface area contributed by atoms with Crippen molar-refractivity contribution in [1.82, 2.24) is 0 Å². The van der Waals surface area contributed by atoms with Gasteiger partial charge in [0, 0.05) is 5.56 Å². The van der Waals surface area contributed by atoms with Gasteiger partial charge in [0.2, 0.25) is 0 Å². The van der Waals surface area contributed by atoms with Crippen LogP contribution in [0.5, 0.6) is 11.5 Å². The Balaban J connectivity index is 1.82. The predicted molar refractivity (Wildman–Crippen MR) is 148 cm³/mol. The number of carbonyl (C=O) groups is 2. The van der Waals surface area contributed by atoms with E-state index in [9.17, 15) is 9.59 Å². The number of benzene rings is 3. The van der Waals surface area contributed by atoms with E-state index in [4.69, 9.17) is 19.6 Å². The lowest BCUT2D eigenvalue weighted by atomic mass is 10.1. The molecule has 1 heterocycles. The number of amides is 1. The number of carboxylic acid groups (broad SMARTS) is 1. The molecule has 1 aliphatic rings. The van der Waals surface area contributed by atoms with E-state index < -0.39 is 12.6 Å². The number of carbonyl (C=O) groups excluding carboxylic acids is 1. The molecule has 1 saturated heterocycles. The summed E-state index contributed by atoms with van der Waals surface area (Å²) in [7, 11) is 1.48. The lowest BCUT2D eigenvalue weighted by Crippen LogP contribution is -2.29. The quantitative estimate of drug-likeness (QED) is 0.346. The van der Waals surface area contributed by atoms with Gasteiger partial charge < -0.3 is 14.6 Å².